The summed E-state index contributed by atoms with van der Waals surface area (Å²) >= 11 is 0. The molecule has 0 radical (unpaired) electrons. The Morgan fingerprint density at radius 1 is 0.920 bits per heavy atom. The highest BCUT2D eigenvalue weighted by atomic mass is 16.5. The molecule has 0 spiro atoms. The number of benzene rings is 2. The first-order valence-corrected chi connectivity index (χ1v) is 7.77. The predicted octanol–water partition coefficient (Wildman–Crippen LogP) is 2.45. The standard InChI is InChI=1S/C18H20N4O3/c1-23-13-5-3-12(4-6-13)17(19)18-20-16(21-22-18)11-25-15-9-7-14(24-2)8-10-15/h3-10,17H,11,19H2,1-2H3,(H,20,21,22). The first kappa shape index (κ1) is 16.8. The van der Waals surface area contributed by atoms with Crippen LogP contribution in [0.5, 0.6) is 17.2 Å². The average molecular weight is 340 g/mol. The number of rotatable bonds is 7. The molecule has 1 atom stereocenters. The lowest BCUT2D eigenvalue weighted by Crippen LogP contribution is -2.13. The van der Waals surface area contributed by atoms with E-state index in [1.54, 1.807) is 14.2 Å². The lowest BCUT2D eigenvalue weighted by Gasteiger charge is -2.08. The summed E-state index contributed by atoms with van der Waals surface area (Å²) in [5.41, 5.74) is 7.12. The quantitative estimate of drug-likeness (QED) is 0.686. The molecule has 0 saturated carbocycles. The summed E-state index contributed by atoms with van der Waals surface area (Å²) in [6.07, 6.45) is 0. The molecule has 3 rings (SSSR count). The van der Waals surface area contributed by atoms with E-state index in [2.05, 4.69) is 15.2 Å². The van der Waals surface area contributed by atoms with Gasteiger partial charge in [-0.1, -0.05) is 12.1 Å². The number of H-pyrrole nitrogens is 1. The molecule has 0 bridgehead atoms. The highest BCUT2D eigenvalue weighted by Gasteiger charge is 2.15. The molecule has 7 heteroatoms. The minimum atomic E-state index is -0.420. The molecule has 2 aromatic carbocycles. The van der Waals surface area contributed by atoms with Gasteiger partial charge in [0.15, 0.2) is 11.6 Å². The van der Waals surface area contributed by atoms with Crippen LogP contribution in [0, 0.1) is 0 Å². The van der Waals surface area contributed by atoms with Crippen LogP contribution in [0.3, 0.4) is 0 Å². The van der Waals surface area contributed by atoms with Gasteiger partial charge in [0.1, 0.15) is 23.9 Å². The van der Waals surface area contributed by atoms with Gasteiger partial charge < -0.3 is 19.9 Å². The lowest BCUT2D eigenvalue weighted by atomic mass is 10.1. The summed E-state index contributed by atoms with van der Waals surface area (Å²) in [5.74, 6) is 3.39. The van der Waals surface area contributed by atoms with Gasteiger partial charge in [0, 0.05) is 0 Å². The number of nitrogens with two attached hydrogens (primary N) is 1. The van der Waals surface area contributed by atoms with Crippen LogP contribution in [0.1, 0.15) is 23.3 Å². The minimum Gasteiger partial charge on any atom is -0.497 e. The molecule has 0 aliphatic rings. The van der Waals surface area contributed by atoms with Gasteiger partial charge in [0.25, 0.3) is 0 Å². The maximum absolute atomic E-state index is 6.22. The van der Waals surface area contributed by atoms with E-state index in [9.17, 15) is 0 Å². The summed E-state index contributed by atoms with van der Waals surface area (Å²) in [4.78, 5) is 4.41. The number of aromatic nitrogens is 3. The van der Waals surface area contributed by atoms with E-state index in [1.807, 2.05) is 48.5 Å². The third kappa shape index (κ3) is 4.07. The summed E-state index contributed by atoms with van der Waals surface area (Å²) in [6, 6.07) is 14.4. The Morgan fingerprint density at radius 2 is 1.48 bits per heavy atom. The fraction of sp³-hybridized carbons (Fsp3) is 0.222. The number of ether oxygens (including phenoxy) is 3. The van der Waals surface area contributed by atoms with Crippen molar-refractivity contribution in [3.8, 4) is 17.2 Å². The van der Waals surface area contributed by atoms with E-state index in [1.165, 1.54) is 0 Å². The van der Waals surface area contributed by atoms with Crippen molar-refractivity contribution in [3.05, 3.63) is 65.7 Å². The molecule has 3 N–H and O–H groups in total. The first-order valence-electron chi connectivity index (χ1n) is 7.77. The molecule has 7 nitrogen and oxygen atoms in total. The SMILES string of the molecule is COc1ccc(OCc2nc(C(N)c3ccc(OC)cc3)n[nH]2)cc1. The van der Waals surface area contributed by atoms with Crippen LogP contribution in [0.25, 0.3) is 0 Å². The number of methoxy groups -OCH3 is 2. The van der Waals surface area contributed by atoms with Gasteiger partial charge in [0.2, 0.25) is 0 Å². The minimum absolute atomic E-state index is 0.272. The summed E-state index contributed by atoms with van der Waals surface area (Å²) in [5, 5.41) is 7.04. The van der Waals surface area contributed by atoms with Gasteiger partial charge in [0.05, 0.1) is 20.3 Å². The molecule has 0 amide bonds. The van der Waals surface area contributed by atoms with Crippen LogP contribution in [0.2, 0.25) is 0 Å². The van der Waals surface area contributed by atoms with Crippen molar-refractivity contribution in [1.82, 2.24) is 15.2 Å². The second kappa shape index (κ2) is 7.67. The number of hydrogen-bond donors (Lipinski definition) is 2. The second-order valence-corrected chi connectivity index (χ2v) is 5.36. The zero-order valence-electron chi connectivity index (χ0n) is 14.1. The maximum atomic E-state index is 6.22. The van der Waals surface area contributed by atoms with Gasteiger partial charge in [-0.25, -0.2) is 4.98 Å². The summed E-state index contributed by atoms with van der Waals surface area (Å²) < 4.78 is 15.9. The largest absolute Gasteiger partial charge is 0.497 e. The molecular formula is C18H20N4O3. The Hall–Kier alpha value is -3.06. The molecule has 130 valence electrons. The summed E-state index contributed by atoms with van der Waals surface area (Å²) in [6.45, 7) is 0.272. The first-order chi connectivity index (χ1) is 12.2. The van der Waals surface area contributed by atoms with E-state index >= 15 is 0 Å². The molecule has 1 heterocycles. The molecule has 0 aliphatic carbocycles. The molecule has 1 unspecified atom stereocenters. The molecule has 0 fully saturated rings. The average Bonchev–Trinajstić information content (AvgIpc) is 3.15. The number of nitrogens with zero attached hydrogens (tertiary/aromatic N) is 2. The van der Waals surface area contributed by atoms with Crippen molar-refractivity contribution < 1.29 is 14.2 Å². The van der Waals surface area contributed by atoms with Crippen LogP contribution >= 0.6 is 0 Å². The third-order valence-electron chi connectivity index (χ3n) is 3.74. The molecular weight excluding hydrogens is 320 g/mol. The zero-order valence-corrected chi connectivity index (χ0v) is 14.1. The zero-order chi connectivity index (χ0) is 17.6. The van der Waals surface area contributed by atoms with E-state index in [0.717, 1.165) is 22.8 Å². The highest BCUT2D eigenvalue weighted by Crippen LogP contribution is 2.20. The van der Waals surface area contributed by atoms with E-state index in [0.29, 0.717) is 11.6 Å². The summed E-state index contributed by atoms with van der Waals surface area (Å²) in [7, 11) is 3.25. The van der Waals surface area contributed by atoms with Gasteiger partial charge >= 0.3 is 0 Å². The van der Waals surface area contributed by atoms with Crippen LogP contribution in [0.4, 0.5) is 0 Å². The van der Waals surface area contributed by atoms with E-state index in [4.69, 9.17) is 19.9 Å². The third-order valence-corrected chi connectivity index (χ3v) is 3.74. The Bertz CT molecular complexity index is 800. The molecule has 1 aromatic heterocycles. The highest BCUT2D eigenvalue weighted by molar-refractivity contribution is 5.32. The molecule has 0 aliphatic heterocycles. The Labute approximate surface area is 145 Å². The number of hydrogen-bond acceptors (Lipinski definition) is 6. The van der Waals surface area contributed by atoms with Crippen LogP contribution in [-0.2, 0) is 6.61 Å². The van der Waals surface area contributed by atoms with Crippen LogP contribution < -0.4 is 19.9 Å². The molecule has 3 aromatic rings. The fourth-order valence-corrected chi connectivity index (χ4v) is 2.30. The van der Waals surface area contributed by atoms with E-state index in [-0.39, 0.29) is 6.61 Å². The monoisotopic (exact) mass is 340 g/mol. The van der Waals surface area contributed by atoms with Crippen molar-refractivity contribution >= 4 is 0 Å². The smallest absolute Gasteiger partial charge is 0.172 e. The van der Waals surface area contributed by atoms with Gasteiger partial charge in [-0.15, -0.1) is 0 Å². The van der Waals surface area contributed by atoms with Crippen molar-refractivity contribution in [2.24, 2.45) is 5.73 Å². The topological polar surface area (TPSA) is 95.3 Å². The van der Waals surface area contributed by atoms with Crippen LogP contribution in [0.15, 0.2) is 48.5 Å². The second-order valence-electron chi connectivity index (χ2n) is 5.36. The predicted molar refractivity (Wildman–Crippen MR) is 92.7 cm³/mol. The Kier molecular flexibility index (Phi) is 5.15. The van der Waals surface area contributed by atoms with Gasteiger partial charge in [-0.2, -0.15) is 5.10 Å². The number of aromatic amines is 1. The normalized spacial score (nSPS) is 11.8. The van der Waals surface area contributed by atoms with Gasteiger partial charge in [-0.3, -0.25) is 5.10 Å². The van der Waals surface area contributed by atoms with Crippen molar-refractivity contribution in [3.63, 3.8) is 0 Å². The van der Waals surface area contributed by atoms with Crippen molar-refractivity contribution in [2.45, 2.75) is 12.6 Å². The van der Waals surface area contributed by atoms with Crippen LogP contribution in [-0.4, -0.2) is 29.4 Å². The molecule has 25 heavy (non-hydrogen) atoms. The van der Waals surface area contributed by atoms with Gasteiger partial charge in [-0.05, 0) is 42.0 Å². The van der Waals surface area contributed by atoms with Crippen molar-refractivity contribution in [1.29, 1.82) is 0 Å². The Balaban J connectivity index is 1.62. The molecule has 0 saturated heterocycles. The Morgan fingerprint density at radius 3 is 2.08 bits per heavy atom. The maximum Gasteiger partial charge on any atom is 0.172 e. The van der Waals surface area contributed by atoms with E-state index < -0.39 is 6.04 Å². The fourth-order valence-electron chi connectivity index (χ4n) is 2.30. The lowest BCUT2D eigenvalue weighted by molar-refractivity contribution is 0.295. The van der Waals surface area contributed by atoms with Crippen molar-refractivity contribution in [2.75, 3.05) is 14.2 Å². The number of nitrogens with one attached hydrogen (secondary N) is 1.